The zero-order valence-electron chi connectivity index (χ0n) is 11.6. The highest BCUT2D eigenvalue weighted by Crippen LogP contribution is 2.26. The van der Waals surface area contributed by atoms with Gasteiger partial charge in [0, 0.05) is 10.7 Å². The Balaban J connectivity index is 2.26. The first kappa shape index (κ1) is 14.5. The third-order valence-corrected chi connectivity index (χ3v) is 3.18. The Morgan fingerprint density at radius 3 is 2.70 bits per heavy atom. The second kappa shape index (κ2) is 6.01. The van der Waals surface area contributed by atoms with Crippen molar-refractivity contribution in [1.29, 1.82) is 0 Å². The molecule has 1 heterocycles. The summed E-state index contributed by atoms with van der Waals surface area (Å²) in [7, 11) is 1.34. The van der Waals surface area contributed by atoms with Crippen LogP contribution in [0.25, 0.3) is 0 Å². The highest BCUT2D eigenvalue weighted by atomic mass is 35.5. The molecular weight excluding hydrogens is 278 g/mol. The Hall–Kier alpha value is -1.94. The smallest absolute Gasteiger partial charge is 0.340 e. The van der Waals surface area contributed by atoms with E-state index in [4.69, 9.17) is 20.8 Å². The number of esters is 1. The molecule has 4 nitrogen and oxygen atoms in total. The van der Waals surface area contributed by atoms with E-state index in [1.165, 1.54) is 7.11 Å². The van der Waals surface area contributed by atoms with E-state index in [1.807, 2.05) is 26.0 Å². The number of nitrogens with one attached hydrogen (secondary N) is 1. The van der Waals surface area contributed by atoms with Gasteiger partial charge in [0.2, 0.25) is 0 Å². The van der Waals surface area contributed by atoms with Crippen LogP contribution in [-0.4, -0.2) is 13.1 Å². The van der Waals surface area contributed by atoms with Crippen LogP contribution in [0.3, 0.4) is 0 Å². The third-order valence-electron chi connectivity index (χ3n) is 2.95. The van der Waals surface area contributed by atoms with Gasteiger partial charge in [-0.3, -0.25) is 0 Å². The van der Waals surface area contributed by atoms with Gasteiger partial charge in [0.25, 0.3) is 0 Å². The van der Waals surface area contributed by atoms with E-state index in [1.54, 1.807) is 18.2 Å². The van der Waals surface area contributed by atoms with Gasteiger partial charge in [-0.05, 0) is 44.2 Å². The Bertz CT molecular complexity index is 621. The summed E-state index contributed by atoms with van der Waals surface area (Å²) in [5, 5.41) is 3.71. The molecule has 1 N–H and O–H groups in total. The molecule has 0 radical (unpaired) electrons. The van der Waals surface area contributed by atoms with Crippen LogP contribution in [0.15, 0.2) is 34.7 Å². The summed E-state index contributed by atoms with van der Waals surface area (Å²) in [6.07, 6.45) is 0. The van der Waals surface area contributed by atoms with Crippen LogP contribution >= 0.6 is 11.6 Å². The van der Waals surface area contributed by atoms with Crippen molar-refractivity contribution in [2.75, 3.05) is 12.4 Å². The second-order valence-electron chi connectivity index (χ2n) is 4.50. The molecule has 1 aromatic carbocycles. The number of ether oxygens (including phenoxy) is 1. The number of rotatable bonds is 4. The third kappa shape index (κ3) is 3.14. The lowest BCUT2D eigenvalue weighted by Crippen LogP contribution is -2.11. The fraction of sp³-hybridized carbons (Fsp3) is 0.267. The van der Waals surface area contributed by atoms with Gasteiger partial charge in [-0.25, -0.2) is 4.79 Å². The normalized spacial score (nSPS) is 12.0. The maximum atomic E-state index is 11.8. The van der Waals surface area contributed by atoms with Crippen molar-refractivity contribution in [2.24, 2.45) is 0 Å². The van der Waals surface area contributed by atoms with Gasteiger partial charge in [-0.1, -0.05) is 11.6 Å². The van der Waals surface area contributed by atoms with Gasteiger partial charge in [0.15, 0.2) is 0 Å². The molecular formula is C15H16ClNO3. The molecule has 0 aliphatic rings. The minimum atomic E-state index is -0.433. The summed E-state index contributed by atoms with van der Waals surface area (Å²) in [6, 6.07) is 8.78. The van der Waals surface area contributed by atoms with Crippen molar-refractivity contribution in [2.45, 2.75) is 19.9 Å². The fourth-order valence-corrected chi connectivity index (χ4v) is 2.08. The predicted molar refractivity (Wildman–Crippen MR) is 78.3 cm³/mol. The topological polar surface area (TPSA) is 51.5 Å². The van der Waals surface area contributed by atoms with Crippen LogP contribution in [0.5, 0.6) is 0 Å². The summed E-state index contributed by atoms with van der Waals surface area (Å²) >= 11 is 5.92. The van der Waals surface area contributed by atoms with Crippen molar-refractivity contribution in [3.63, 3.8) is 0 Å². The minimum Gasteiger partial charge on any atom is -0.465 e. The predicted octanol–water partition coefficient (Wildman–Crippen LogP) is 4.20. The highest BCUT2D eigenvalue weighted by Gasteiger charge is 2.16. The molecule has 1 unspecified atom stereocenters. The lowest BCUT2D eigenvalue weighted by atomic mass is 10.1. The van der Waals surface area contributed by atoms with Crippen molar-refractivity contribution >= 4 is 23.3 Å². The number of halogens is 1. The first-order valence-corrected chi connectivity index (χ1v) is 6.60. The van der Waals surface area contributed by atoms with Crippen molar-refractivity contribution in [1.82, 2.24) is 0 Å². The van der Waals surface area contributed by atoms with Crippen molar-refractivity contribution in [3.05, 3.63) is 52.4 Å². The van der Waals surface area contributed by atoms with E-state index in [9.17, 15) is 4.79 Å². The van der Waals surface area contributed by atoms with Crippen LogP contribution in [0.4, 0.5) is 5.69 Å². The molecule has 0 saturated carbocycles. The first-order valence-electron chi connectivity index (χ1n) is 6.22. The molecule has 0 bridgehead atoms. The monoisotopic (exact) mass is 293 g/mol. The molecule has 0 spiro atoms. The zero-order chi connectivity index (χ0) is 14.7. The SMILES string of the molecule is COC(=O)c1cc(Cl)ccc1NC(C)c1ccc(C)o1. The van der Waals surface area contributed by atoms with E-state index in [2.05, 4.69) is 5.32 Å². The van der Waals surface area contributed by atoms with Gasteiger partial charge >= 0.3 is 5.97 Å². The molecule has 2 aromatic rings. The molecule has 0 aliphatic heterocycles. The number of furan rings is 1. The highest BCUT2D eigenvalue weighted by molar-refractivity contribution is 6.31. The lowest BCUT2D eigenvalue weighted by Gasteiger charge is -2.16. The van der Waals surface area contributed by atoms with Crippen LogP contribution in [0.2, 0.25) is 5.02 Å². The maximum Gasteiger partial charge on any atom is 0.340 e. The van der Waals surface area contributed by atoms with E-state index in [-0.39, 0.29) is 6.04 Å². The largest absolute Gasteiger partial charge is 0.465 e. The fourth-order valence-electron chi connectivity index (χ4n) is 1.91. The minimum absolute atomic E-state index is 0.0757. The molecule has 0 amide bonds. The van der Waals surface area contributed by atoms with Crippen LogP contribution in [-0.2, 0) is 4.74 Å². The van der Waals surface area contributed by atoms with E-state index < -0.39 is 5.97 Å². The second-order valence-corrected chi connectivity index (χ2v) is 4.93. The molecule has 5 heteroatoms. The van der Waals surface area contributed by atoms with Gasteiger partial charge in [0.1, 0.15) is 11.5 Å². The number of anilines is 1. The summed E-state index contributed by atoms with van der Waals surface area (Å²) in [4.78, 5) is 11.8. The summed E-state index contributed by atoms with van der Waals surface area (Å²) in [6.45, 7) is 3.84. The standard InChI is InChI=1S/C15H16ClNO3/c1-9-4-7-14(20-9)10(2)17-13-6-5-11(16)8-12(13)15(18)19-3/h4-8,10,17H,1-3H3. The number of hydrogen-bond donors (Lipinski definition) is 1. The summed E-state index contributed by atoms with van der Waals surface area (Å²) in [5.74, 6) is 1.21. The lowest BCUT2D eigenvalue weighted by molar-refractivity contribution is 0.0601. The number of carbonyl (C=O) groups is 1. The molecule has 1 aromatic heterocycles. The quantitative estimate of drug-likeness (QED) is 0.858. The van der Waals surface area contributed by atoms with Crippen LogP contribution in [0, 0.1) is 6.92 Å². The summed E-state index contributed by atoms with van der Waals surface area (Å²) < 4.78 is 10.3. The molecule has 0 aliphatic carbocycles. The number of aryl methyl sites for hydroxylation is 1. The summed E-state index contributed by atoms with van der Waals surface area (Å²) in [5.41, 5.74) is 1.05. The van der Waals surface area contributed by atoms with Crippen LogP contribution in [0.1, 0.15) is 34.8 Å². The van der Waals surface area contributed by atoms with Gasteiger partial charge in [-0.2, -0.15) is 0 Å². The molecule has 0 fully saturated rings. The van der Waals surface area contributed by atoms with Gasteiger partial charge < -0.3 is 14.5 Å². The van der Waals surface area contributed by atoms with Crippen molar-refractivity contribution < 1.29 is 13.9 Å². The molecule has 106 valence electrons. The molecule has 0 saturated heterocycles. The van der Waals surface area contributed by atoms with Crippen LogP contribution < -0.4 is 5.32 Å². The Morgan fingerprint density at radius 1 is 1.35 bits per heavy atom. The molecule has 20 heavy (non-hydrogen) atoms. The average molecular weight is 294 g/mol. The molecule has 2 rings (SSSR count). The van der Waals surface area contributed by atoms with Crippen molar-refractivity contribution in [3.8, 4) is 0 Å². The van der Waals surface area contributed by atoms with E-state index in [0.717, 1.165) is 11.5 Å². The Labute approximate surface area is 122 Å². The number of methoxy groups -OCH3 is 1. The number of hydrogen-bond acceptors (Lipinski definition) is 4. The first-order chi connectivity index (χ1) is 9.51. The zero-order valence-corrected chi connectivity index (χ0v) is 12.3. The molecule has 1 atom stereocenters. The Kier molecular flexibility index (Phi) is 4.35. The van der Waals surface area contributed by atoms with Gasteiger partial charge in [0.05, 0.1) is 18.7 Å². The number of carbonyl (C=O) groups excluding carboxylic acids is 1. The average Bonchev–Trinajstić information content (AvgIpc) is 2.86. The van der Waals surface area contributed by atoms with Gasteiger partial charge in [-0.15, -0.1) is 0 Å². The maximum absolute atomic E-state index is 11.8. The van der Waals surface area contributed by atoms with E-state index >= 15 is 0 Å². The Morgan fingerprint density at radius 2 is 2.10 bits per heavy atom. The van der Waals surface area contributed by atoms with E-state index in [0.29, 0.717) is 16.3 Å². The number of benzene rings is 1.